The van der Waals surface area contributed by atoms with E-state index in [1.165, 1.54) is 10.9 Å². The number of amides is 1. The summed E-state index contributed by atoms with van der Waals surface area (Å²) < 4.78 is 11.8. The van der Waals surface area contributed by atoms with Crippen molar-refractivity contribution in [1.82, 2.24) is 14.7 Å². The predicted molar refractivity (Wildman–Crippen MR) is 101 cm³/mol. The van der Waals surface area contributed by atoms with E-state index >= 15 is 0 Å². The molecule has 3 heterocycles. The monoisotopic (exact) mass is 374 g/mol. The molecule has 1 aliphatic rings. The number of aryl methyl sites for hydroxylation is 1. The van der Waals surface area contributed by atoms with Crippen LogP contribution in [0, 0.1) is 6.92 Å². The van der Waals surface area contributed by atoms with E-state index in [1.54, 1.807) is 30.3 Å². The summed E-state index contributed by atoms with van der Waals surface area (Å²) in [6, 6.07) is 3.20. The van der Waals surface area contributed by atoms with Crippen LogP contribution in [0.3, 0.4) is 0 Å². The van der Waals surface area contributed by atoms with Gasteiger partial charge in [-0.3, -0.25) is 9.59 Å². The van der Waals surface area contributed by atoms with Crippen LogP contribution in [0.5, 0.6) is 0 Å². The lowest BCUT2D eigenvalue weighted by Gasteiger charge is -2.33. The number of anilines is 1. The SMILES string of the molecule is COCCN(C)c1cnn([C@@H]2CCCN(C(=O)c3coc(C)c3)C2)c(=O)c1. The molecule has 1 amide bonds. The molecule has 0 N–H and O–H groups in total. The standard InChI is InChI=1S/C19H26N4O4/c1-14-9-15(13-27-14)19(25)22-6-4-5-16(12-22)23-18(24)10-17(11-20-23)21(2)7-8-26-3/h9-11,13,16H,4-8,12H2,1-3H3/t16-/m1/s1. The Labute approximate surface area is 158 Å². The van der Waals surface area contributed by atoms with Gasteiger partial charge in [-0.1, -0.05) is 0 Å². The third-order valence-corrected chi connectivity index (χ3v) is 4.89. The van der Waals surface area contributed by atoms with Crippen molar-refractivity contribution in [1.29, 1.82) is 0 Å². The van der Waals surface area contributed by atoms with Crippen LogP contribution in [-0.2, 0) is 4.74 Å². The number of ether oxygens (including phenoxy) is 1. The smallest absolute Gasteiger partial charge is 0.269 e. The van der Waals surface area contributed by atoms with Gasteiger partial charge in [0.05, 0.1) is 30.1 Å². The first-order valence-corrected chi connectivity index (χ1v) is 9.13. The van der Waals surface area contributed by atoms with Crippen molar-refractivity contribution in [2.75, 3.05) is 45.3 Å². The molecule has 0 aliphatic carbocycles. The third kappa shape index (κ3) is 4.39. The molecule has 146 valence electrons. The largest absolute Gasteiger partial charge is 0.469 e. The van der Waals surface area contributed by atoms with Gasteiger partial charge in [0.15, 0.2) is 0 Å². The zero-order valence-corrected chi connectivity index (χ0v) is 16.1. The summed E-state index contributed by atoms with van der Waals surface area (Å²) in [4.78, 5) is 28.9. The van der Waals surface area contributed by atoms with Gasteiger partial charge in [0.1, 0.15) is 12.0 Å². The number of carbonyl (C=O) groups is 1. The summed E-state index contributed by atoms with van der Waals surface area (Å²) in [6.45, 7) is 4.20. The number of nitrogens with zero attached hydrogens (tertiary/aromatic N) is 4. The fourth-order valence-corrected chi connectivity index (χ4v) is 3.33. The van der Waals surface area contributed by atoms with Gasteiger partial charge >= 0.3 is 0 Å². The Kier molecular flexibility index (Phi) is 5.95. The lowest BCUT2D eigenvalue weighted by molar-refractivity contribution is 0.0669. The first-order chi connectivity index (χ1) is 13.0. The first-order valence-electron chi connectivity index (χ1n) is 9.13. The predicted octanol–water partition coefficient (Wildman–Crippen LogP) is 1.70. The summed E-state index contributed by atoms with van der Waals surface area (Å²) >= 11 is 0. The van der Waals surface area contributed by atoms with Gasteiger partial charge in [0.25, 0.3) is 11.5 Å². The number of likely N-dealkylation sites (N-methyl/N-ethyl adjacent to an activating group) is 1. The Hall–Kier alpha value is -2.61. The molecule has 1 atom stereocenters. The number of methoxy groups -OCH3 is 1. The second-order valence-corrected chi connectivity index (χ2v) is 6.90. The normalized spacial score (nSPS) is 17.1. The number of carbonyl (C=O) groups excluding carboxylic acids is 1. The molecule has 3 rings (SSSR count). The van der Waals surface area contributed by atoms with Crippen molar-refractivity contribution in [2.24, 2.45) is 0 Å². The Morgan fingerprint density at radius 2 is 2.26 bits per heavy atom. The molecule has 27 heavy (non-hydrogen) atoms. The second-order valence-electron chi connectivity index (χ2n) is 6.90. The van der Waals surface area contributed by atoms with Crippen molar-refractivity contribution < 1.29 is 13.9 Å². The van der Waals surface area contributed by atoms with Crippen LogP contribution in [0.4, 0.5) is 5.69 Å². The first kappa shape index (κ1) is 19.2. The lowest BCUT2D eigenvalue weighted by Crippen LogP contribution is -2.43. The number of hydrogen-bond donors (Lipinski definition) is 0. The maximum absolute atomic E-state index is 12.7. The number of hydrogen-bond acceptors (Lipinski definition) is 6. The molecular weight excluding hydrogens is 348 g/mol. The van der Waals surface area contributed by atoms with Crippen molar-refractivity contribution >= 4 is 11.6 Å². The van der Waals surface area contributed by atoms with Crippen LogP contribution in [-0.4, -0.2) is 61.0 Å². The van der Waals surface area contributed by atoms with E-state index in [0.717, 1.165) is 18.5 Å². The minimum Gasteiger partial charge on any atom is -0.469 e. The van der Waals surface area contributed by atoms with Crippen LogP contribution in [0.1, 0.15) is 35.0 Å². The fraction of sp³-hybridized carbons (Fsp3) is 0.526. The lowest BCUT2D eigenvalue weighted by atomic mass is 10.0. The van der Waals surface area contributed by atoms with Crippen molar-refractivity contribution in [2.45, 2.75) is 25.8 Å². The van der Waals surface area contributed by atoms with Gasteiger partial charge in [-0.05, 0) is 25.8 Å². The van der Waals surface area contributed by atoms with E-state index < -0.39 is 0 Å². The Balaban J connectivity index is 1.72. The van der Waals surface area contributed by atoms with E-state index in [2.05, 4.69) is 5.10 Å². The highest BCUT2D eigenvalue weighted by Gasteiger charge is 2.27. The van der Waals surface area contributed by atoms with E-state index in [-0.39, 0.29) is 17.5 Å². The average Bonchev–Trinajstić information content (AvgIpc) is 3.11. The Morgan fingerprint density at radius 1 is 1.44 bits per heavy atom. The maximum atomic E-state index is 12.7. The van der Waals surface area contributed by atoms with Gasteiger partial charge < -0.3 is 19.0 Å². The zero-order chi connectivity index (χ0) is 19.4. The van der Waals surface area contributed by atoms with Crippen LogP contribution in [0.15, 0.2) is 33.8 Å². The number of rotatable bonds is 6. The van der Waals surface area contributed by atoms with Gasteiger partial charge in [-0.25, -0.2) is 4.68 Å². The van der Waals surface area contributed by atoms with E-state index in [1.807, 2.05) is 18.9 Å². The Bertz CT molecular complexity index is 844. The van der Waals surface area contributed by atoms with Gasteiger partial charge in [0.2, 0.25) is 0 Å². The minimum atomic E-state index is -0.157. The highest BCUT2D eigenvalue weighted by molar-refractivity contribution is 5.94. The van der Waals surface area contributed by atoms with Crippen LogP contribution >= 0.6 is 0 Å². The number of likely N-dealkylation sites (tertiary alicyclic amines) is 1. The molecule has 0 aromatic carbocycles. The molecule has 8 heteroatoms. The summed E-state index contributed by atoms with van der Waals surface area (Å²) in [5, 5.41) is 4.37. The molecule has 2 aromatic heterocycles. The molecule has 0 bridgehead atoms. The highest BCUT2D eigenvalue weighted by atomic mass is 16.5. The van der Waals surface area contributed by atoms with Crippen molar-refractivity contribution in [3.63, 3.8) is 0 Å². The van der Waals surface area contributed by atoms with E-state index in [9.17, 15) is 9.59 Å². The molecule has 0 unspecified atom stereocenters. The third-order valence-electron chi connectivity index (χ3n) is 4.89. The van der Waals surface area contributed by atoms with Gasteiger partial charge in [0, 0.05) is 39.9 Å². The number of piperidine rings is 1. The molecule has 1 saturated heterocycles. The molecular formula is C19H26N4O4. The highest BCUT2D eigenvalue weighted by Crippen LogP contribution is 2.22. The topological polar surface area (TPSA) is 80.8 Å². The molecule has 0 spiro atoms. The molecule has 0 radical (unpaired) electrons. The Morgan fingerprint density at radius 3 is 2.93 bits per heavy atom. The zero-order valence-electron chi connectivity index (χ0n) is 16.1. The molecule has 8 nitrogen and oxygen atoms in total. The maximum Gasteiger partial charge on any atom is 0.269 e. The minimum absolute atomic E-state index is 0.0690. The molecule has 1 fully saturated rings. The van der Waals surface area contributed by atoms with Crippen molar-refractivity contribution in [3.05, 3.63) is 46.3 Å². The quantitative estimate of drug-likeness (QED) is 0.766. The molecule has 1 aliphatic heterocycles. The number of furan rings is 1. The van der Waals surface area contributed by atoms with Crippen LogP contribution in [0.25, 0.3) is 0 Å². The average molecular weight is 374 g/mol. The summed E-state index contributed by atoms with van der Waals surface area (Å²) in [7, 11) is 3.54. The summed E-state index contributed by atoms with van der Waals surface area (Å²) in [5.74, 6) is 0.637. The van der Waals surface area contributed by atoms with Crippen LogP contribution < -0.4 is 10.5 Å². The fourth-order valence-electron chi connectivity index (χ4n) is 3.33. The summed E-state index contributed by atoms with van der Waals surface area (Å²) in [5.41, 5.74) is 1.14. The van der Waals surface area contributed by atoms with Crippen LogP contribution in [0.2, 0.25) is 0 Å². The molecule has 0 saturated carbocycles. The van der Waals surface area contributed by atoms with Gasteiger partial charge in [-0.2, -0.15) is 5.10 Å². The van der Waals surface area contributed by atoms with Crippen molar-refractivity contribution in [3.8, 4) is 0 Å². The van der Waals surface area contributed by atoms with E-state index in [0.29, 0.717) is 37.6 Å². The summed E-state index contributed by atoms with van der Waals surface area (Å²) in [6.07, 6.45) is 4.82. The van der Waals surface area contributed by atoms with E-state index in [4.69, 9.17) is 9.15 Å². The second kappa shape index (κ2) is 8.39. The number of aromatic nitrogens is 2. The molecule has 2 aromatic rings. The van der Waals surface area contributed by atoms with Gasteiger partial charge in [-0.15, -0.1) is 0 Å².